The maximum Gasteiger partial charge on any atom is 0.0412 e. The van der Waals surface area contributed by atoms with Gasteiger partial charge in [-0.15, -0.1) is 11.3 Å². The predicted molar refractivity (Wildman–Crippen MR) is 59.5 cm³/mol. The van der Waals surface area contributed by atoms with Crippen molar-refractivity contribution in [1.82, 2.24) is 0 Å². The third-order valence-electron chi connectivity index (χ3n) is 1.85. The van der Waals surface area contributed by atoms with Crippen molar-refractivity contribution in [1.29, 1.82) is 0 Å². The van der Waals surface area contributed by atoms with E-state index >= 15 is 0 Å². The van der Waals surface area contributed by atoms with E-state index in [1.165, 1.54) is 15.3 Å². The van der Waals surface area contributed by atoms with Crippen LogP contribution in [0.5, 0.6) is 0 Å². The number of benzene rings is 1. The van der Waals surface area contributed by atoms with E-state index in [0.717, 1.165) is 5.02 Å². The second kappa shape index (κ2) is 3.52. The fourth-order valence-corrected chi connectivity index (χ4v) is 2.29. The summed E-state index contributed by atoms with van der Waals surface area (Å²) in [4.78, 5) is 2.61. The van der Waals surface area contributed by atoms with Gasteiger partial charge in [-0.2, -0.15) is 0 Å². The molecule has 0 radical (unpaired) electrons. The Bertz CT molecular complexity index is 418. The molecule has 0 saturated carbocycles. The first kappa shape index (κ1) is 8.79. The van der Waals surface area contributed by atoms with Gasteiger partial charge in [0.1, 0.15) is 0 Å². The standard InChI is InChI=1S/C11H9ClS/c1-8-5-6-11(13-8)9-3-2-4-10(12)7-9/h2-7H,1H3. The Labute approximate surface area is 86.8 Å². The second-order valence-corrected chi connectivity index (χ2v) is 4.64. The molecule has 0 N–H and O–H groups in total. The van der Waals surface area contributed by atoms with Crippen LogP contribution in [-0.2, 0) is 0 Å². The largest absolute Gasteiger partial charge is 0.141 e. The molecule has 2 heteroatoms. The molecule has 0 aliphatic rings. The summed E-state index contributed by atoms with van der Waals surface area (Å²) < 4.78 is 0. The van der Waals surface area contributed by atoms with Gasteiger partial charge in [-0.3, -0.25) is 0 Å². The van der Waals surface area contributed by atoms with Gasteiger partial charge in [-0.05, 0) is 36.8 Å². The van der Waals surface area contributed by atoms with Crippen molar-refractivity contribution in [3.8, 4) is 10.4 Å². The molecule has 1 aromatic carbocycles. The highest BCUT2D eigenvalue weighted by Gasteiger charge is 2.00. The average Bonchev–Trinajstić information content (AvgIpc) is 2.52. The van der Waals surface area contributed by atoms with E-state index in [0.29, 0.717) is 0 Å². The average molecular weight is 209 g/mol. The van der Waals surface area contributed by atoms with Crippen LogP contribution in [0.15, 0.2) is 36.4 Å². The van der Waals surface area contributed by atoms with Gasteiger partial charge in [0.15, 0.2) is 0 Å². The van der Waals surface area contributed by atoms with Crippen LogP contribution in [0, 0.1) is 6.92 Å². The topological polar surface area (TPSA) is 0 Å². The Morgan fingerprint density at radius 3 is 2.62 bits per heavy atom. The van der Waals surface area contributed by atoms with E-state index in [1.54, 1.807) is 11.3 Å². The van der Waals surface area contributed by atoms with E-state index in [1.807, 2.05) is 18.2 Å². The molecule has 13 heavy (non-hydrogen) atoms. The van der Waals surface area contributed by atoms with Crippen LogP contribution in [0.4, 0.5) is 0 Å². The van der Waals surface area contributed by atoms with E-state index in [4.69, 9.17) is 11.6 Å². The molecule has 0 spiro atoms. The highest BCUT2D eigenvalue weighted by molar-refractivity contribution is 7.15. The smallest absolute Gasteiger partial charge is 0.0412 e. The minimum atomic E-state index is 0.795. The zero-order chi connectivity index (χ0) is 9.26. The van der Waals surface area contributed by atoms with E-state index in [2.05, 4.69) is 25.1 Å². The summed E-state index contributed by atoms with van der Waals surface area (Å²) in [5.41, 5.74) is 1.20. The summed E-state index contributed by atoms with van der Waals surface area (Å²) in [5, 5.41) is 0.795. The van der Waals surface area contributed by atoms with Gasteiger partial charge >= 0.3 is 0 Å². The Morgan fingerprint density at radius 1 is 1.15 bits per heavy atom. The van der Waals surface area contributed by atoms with Crippen molar-refractivity contribution in [2.75, 3.05) is 0 Å². The first-order valence-corrected chi connectivity index (χ1v) is 5.27. The summed E-state index contributed by atoms with van der Waals surface area (Å²) in [6, 6.07) is 12.2. The number of hydrogen-bond donors (Lipinski definition) is 0. The molecule has 0 nitrogen and oxygen atoms in total. The summed E-state index contributed by atoms with van der Waals surface area (Å²) in [5.74, 6) is 0. The molecule has 0 aliphatic carbocycles. The normalized spacial score (nSPS) is 10.3. The molecule has 0 saturated heterocycles. The van der Waals surface area contributed by atoms with Crippen LogP contribution in [0.25, 0.3) is 10.4 Å². The fourth-order valence-electron chi connectivity index (χ4n) is 1.23. The first-order chi connectivity index (χ1) is 6.25. The van der Waals surface area contributed by atoms with Gasteiger partial charge < -0.3 is 0 Å². The molecule has 0 unspecified atom stereocenters. The summed E-state index contributed by atoms with van der Waals surface area (Å²) in [6.07, 6.45) is 0. The van der Waals surface area contributed by atoms with Gasteiger partial charge in [-0.1, -0.05) is 23.7 Å². The maximum atomic E-state index is 5.91. The van der Waals surface area contributed by atoms with Crippen LogP contribution < -0.4 is 0 Å². The minimum absolute atomic E-state index is 0.795. The molecule has 2 rings (SSSR count). The van der Waals surface area contributed by atoms with E-state index in [-0.39, 0.29) is 0 Å². The second-order valence-electron chi connectivity index (χ2n) is 2.92. The monoisotopic (exact) mass is 208 g/mol. The number of halogens is 1. The number of rotatable bonds is 1. The minimum Gasteiger partial charge on any atom is -0.141 e. The lowest BCUT2D eigenvalue weighted by Crippen LogP contribution is -1.70. The third kappa shape index (κ3) is 1.93. The third-order valence-corrected chi connectivity index (χ3v) is 3.13. The first-order valence-electron chi connectivity index (χ1n) is 4.08. The predicted octanol–water partition coefficient (Wildman–Crippen LogP) is 4.38. The van der Waals surface area contributed by atoms with Gasteiger partial charge in [0.05, 0.1) is 0 Å². The van der Waals surface area contributed by atoms with Crippen molar-refractivity contribution in [2.45, 2.75) is 6.92 Å². The van der Waals surface area contributed by atoms with Crippen molar-refractivity contribution >= 4 is 22.9 Å². The molecule has 0 aliphatic heterocycles. The number of thiophene rings is 1. The Morgan fingerprint density at radius 2 is 2.00 bits per heavy atom. The summed E-state index contributed by atoms with van der Waals surface area (Å²) >= 11 is 7.70. The van der Waals surface area contributed by atoms with Crippen LogP contribution in [0.3, 0.4) is 0 Å². The lowest BCUT2D eigenvalue weighted by atomic mass is 10.2. The van der Waals surface area contributed by atoms with Crippen molar-refractivity contribution in [3.63, 3.8) is 0 Å². The fraction of sp³-hybridized carbons (Fsp3) is 0.0909. The van der Waals surface area contributed by atoms with Gasteiger partial charge in [0.25, 0.3) is 0 Å². The van der Waals surface area contributed by atoms with Crippen molar-refractivity contribution < 1.29 is 0 Å². The van der Waals surface area contributed by atoms with Crippen LogP contribution in [0.1, 0.15) is 4.88 Å². The molecular formula is C11H9ClS. The van der Waals surface area contributed by atoms with Crippen LogP contribution in [-0.4, -0.2) is 0 Å². The van der Waals surface area contributed by atoms with Crippen LogP contribution >= 0.6 is 22.9 Å². The maximum absolute atomic E-state index is 5.91. The highest BCUT2D eigenvalue weighted by atomic mass is 35.5. The Hall–Kier alpha value is -0.790. The summed E-state index contributed by atoms with van der Waals surface area (Å²) in [7, 11) is 0. The lowest BCUT2D eigenvalue weighted by molar-refractivity contribution is 1.64. The Kier molecular flexibility index (Phi) is 2.38. The zero-order valence-electron chi connectivity index (χ0n) is 7.25. The molecular weight excluding hydrogens is 200 g/mol. The van der Waals surface area contributed by atoms with E-state index in [9.17, 15) is 0 Å². The quantitative estimate of drug-likeness (QED) is 0.653. The Balaban J connectivity index is 2.46. The molecule has 0 amide bonds. The molecule has 0 bridgehead atoms. The van der Waals surface area contributed by atoms with Crippen LogP contribution in [0.2, 0.25) is 5.02 Å². The molecule has 2 aromatic rings. The van der Waals surface area contributed by atoms with Crippen molar-refractivity contribution in [2.24, 2.45) is 0 Å². The van der Waals surface area contributed by atoms with Gasteiger partial charge in [-0.25, -0.2) is 0 Å². The molecule has 1 aromatic heterocycles. The SMILES string of the molecule is Cc1ccc(-c2cccc(Cl)c2)s1. The number of aryl methyl sites for hydroxylation is 1. The van der Waals surface area contributed by atoms with Gasteiger partial charge in [0.2, 0.25) is 0 Å². The lowest BCUT2D eigenvalue weighted by Gasteiger charge is -1.96. The molecule has 0 fully saturated rings. The zero-order valence-corrected chi connectivity index (χ0v) is 8.82. The highest BCUT2D eigenvalue weighted by Crippen LogP contribution is 2.28. The van der Waals surface area contributed by atoms with Crippen molar-refractivity contribution in [3.05, 3.63) is 46.3 Å². The molecule has 0 atom stereocenters. The molecule has 1 heterocycles. The van der Waals surface area contributed by atoms with Gasteiger partial charge in [0, 0.05) is 14.8 Å². The number of hydrogen-bond acceptors (Lipinski definition) is 1. The molecule has 66 valence electrons. The summed E-state index contributed by atoms with van der Waals surface area (Å²) in [6.45, 7) is 2.11. The van der Waals surface area contributed by atoms with E-state index < -0.39 is 0 Å².